The minimum atomic E-state index is 0.582. The van der Waals surface area contributed by atoms with Gasteiger partial charge in [0, 0.05) is 25.9 Å². The third kappa shape index (κ3) is 7.98. The van der Waals surface area contributed by atoms with Crippen LogP contribution in [0, 0.1) is 0 Å². The first kappa shape index (κ1) is 22.0. The third-order valence-electron chi connectivity index (χ3n) is 5.11. The number of piperidine rings is 2. The average Bonchev–Trinajstić information content (AvgIpc) is 3.35. The molecule has 0 amide bonds. The minimum absolute atomic E-state index is 0.582. The van der Waals surface area contributed by atoms with Gasteiger partial charge < -0.3 is 15.5 Å². The normalized spacial score (nSPS) is 18.6. The van der Waals surface area contributed by atoms with Crippen molar-refractivity contribution in [3.05, 3.63) is 13.9 Å². The van der Waals surface area contributed by atoms with Crippen molar-refractivity contribution in [3.63, 3.8) is 0 Å². The SMILES string of the molecule is Brc1nnc(CCN2CCCCC2)s1.Nc1nnc(CCN2CCCCC2)s1. The smallest absolute Gasteiger partial charge is 0.203 e. The van der Waals surface area contributed by atoms with E-state index in [1.54, 1.807) is 11.3 Å². The van der Waals surface area contributed by atoms with Gasteiger partial charge in [0.15, 0.2) is 3.92 Å². The zero-order valence-electron chi connectivity index (χ0n) is 16.4. The lowest BCUT2D eigenvalue weighted by molar-refractivity contribution is 0.231. The summed E-state index contributed by atoms with van der Waals surface area (Å²) >= 11 is 6.48. The first-order valence-corrected chi connectivity index (χ1v) is 12.6. The molecule has 0 bridgehead atoms. The van der Waals surface area contributed by atoms with Crippen molar-refractivity contribution in [2.45, 2.75) is 51.4 Å². The lowest BCUT2D eigenvalue weighted by Gasteiger charge is -2.25. The van der Waals surface area contributed by atoms with Crippen LogP contribution < -0.4 is 5.73 Å². The zero-order valence-corrected chi connectivity index (χ0v) is 19.6. The van der Waals surface area contributed by atoms with Gasteiger partial charge in [-0.15, -0.1) is 20.4 Å². The summed E-state index contributed by atoms with van der Waals surface area (Å²) in [4.78, 5) is 5.03. The molecule has 4 rings (SSSR count). The van der Waals surface area contributed by atoms with E-state index in [1.165, 1.54) is 76.0 Å². The van der Waals surface area contributed by atoms with Crippen LogP contribution in [0.25, 0.3) is 0 Å². The molecule has 2 saturated heterocycles. The predicted octanol–water partition coefficient (Wildman–Crippen LogP) is 3.48. The van der Waals surface area contributed by atoms with E-state index >= 15 is 0 Å². The highest BCUT2D eigenvalue weighted by Gasteiger charge is 2.11. The van der Waals surface area contributed by atoms with E-state index in [9.17, 15) is 0 Å². The Morgan fingerprint density at radius 3 is 1.64 bits per heavy atom. The first-order valence-electron chi connectivity index (χ1n) is 10.2. The maximum Gasteiger partial charge on any atom is 0.203 e. The van der Waals surface area contributed by atoms with Gasteiger partial charge in [-0.25, -0.2) is 0 Å². The van der Waals surface area contributed by atoms with Crippen LogP contribution in [0.4, 0.5) is 5.13 Å². The second-order valence-electron chi connectivity index (χ2n) is 7.29. The molecule has 4 heterocycles. The molecule has 0 spiro atoms. The second-order valence-corrected chi connectivity index (χ2v) is 10.7. The number of rotatable bonds is 6. The number of anilines is 1. The van der Waals surface area contributed by atoms with Gasteiger partial charge in [-0.2, -0.15) is 0 Å². The molecule has 2 aliphatic heterocycles. The molecule has 0 atom stereocenters. The largest absolute Gasteiger partial charge is 0.374 e. The topological polar surface area (TPSA) is 84.1 Å². The Kier molecular flexibility index (Phi) is 9.53. The molecule has 2 aromatic heterocycles. The molecule has 2 N–H and O–H groups in total. The molecule has 0 radical (unpaired) electrons. The fourth-order valence-corrected chi connectivity index (χ4v) is 5.36. The van der Waals surface area contributed by atoms with E-state index in [4.69, 9.17) is 5.73 Å². The molecule has 0 unspecified atom stereocenters. The van der Waals surface area contributed by atoms with E-state index in [0.717, 1.165) is 39.9 Å². The van der Waals surface area contributed by atoms with Crippen LogP contribution in [0.2, 0.25) is 0 Å². The standard InChI is InChI=1S/C9H14BrN3S.C9H16N4S/c2*10-9-12-11-8(14-9)4-7-13-5-2-1-3-6-13/h1-7H2;1-7H2,(H2,10,12). The Morgan fingerprint density at radius 1 is 0.714 bits per heavy atom. The van der Waals surface area contributed by atoms with E-state index in [0.29, 0.717) is 5.13 Å². The van der Waals surface area contributed by atoms with Crippen molar-refractivity contribution < 1.29 is 0 Å². The predicted molar refractivity (Wildman–Crippen MR) is 120 cm³/mol. The van der Waals surface area contributed by atoms with Crippen LogP contribution in [0.5, 0.6) is 0 Å². The number of aromatic nitrogens is 4. The fraction of sp³-hybridized carbons (Fsp3) is 0.778. The summed E-state index contributed by atoms with van der Waals surface area (Å²) < 4.78 is 0.895. The highest BCUT2D eigenvalue weighted by atomic mass is 79.9. The van der Waals surface area contributed by atoms with Crippen LogP contribution in [0.15, 0.2) is 3.92 Å². The summed E-state index contributed by atoms with van der Waals surface area (Å²) in [5, 5.41) is 18.7. The van der Waals surface area contributed by atoms with Crippen LogP contribution in [0.1, 0.15) is 48.5 Å². The number of hydrogen-bond acceptors (Lipinski definition) is 9. The lowest BCUT2D eigenvalue weighted by atomic mass is 10.1. The molecule has 28 heavy (non-hydrogen) atoms. The zero-order chi connectivity index (χ0) is 19.6. The molecule has 0 aliphatic carbocycles. The number of hydrogen-bond donors (Lipinski definition) is 1. The van der Waals surface area contributed by atoms with Gasteiger partial charge in [-0.3, -0.25) is 0 Å². The molecule has 0 aromatic carbocycles. The number of halogens is 1. The van der Waals surface area contributed by atoms with E-state index < -0.39 is 0 Å². The van der Waals surface area contributed by atoms with Crippen LogP contribution in [0.3, 0.4) is 0 Å². The Bertz CT molecular complexity index is 623. The number of nitrogen functional groups attached to an aromatic ring is 1. The molecule has 10 heteroatoms. The van der Waals surface area contributed by atoms with Crippen LogP contribution >= 0.6 is 38.6 Å². The summed E-state index contributed by atoms with van der Waals surface area (Å²) in [6, 6.07) is 0. The Balaban J connectivity index is 0.000000161. The molecule has 2 aromatic rings. The monoisotopic (exact) mass is 487 g/mol. The summed E-state index contributed by atoms with van der Waals surface area (Å²) in [6.07, 6.45) is 10.2. The third-order valence-corrected chi connectivity index (χ3v) is 7.33. The van der Waals surface area contributed by atoms with Gasteiger partial charge in [-0.05, 0) is 67.8 Å². The van der Waals surface area contributed by atoms with Gasteiger partial charge >= 0.3 is 0 Å². The van der Waals surface area contributed by atoms with Crippen LogP contribution in [-0.2, 0) is 12.8 Å². The van der Waals surface area contributed by atoms with Crippen molar-refractivity contribution in [1.82, 2.24) is 30.2 Å². The van der Waals surface area contributed by atoms with Crippen molar-refractivity contribution in [1.29, 1.82) is 0 Å². The average molecular weight is 489 g/mol. The molecule has 156 valence electrons. The lowest BCUT2D eigenvalue weighted by Crippen LogP contribution is -2.31. The number of likely N-dealkylation sites (tertiary alicyclic amines) is 2. The Labute approximate surface area is 183 Å². The van der Waals surface area contributed by atoms with E-state index in [1.807, 2.05) is 0 Å². The van der Waals surface area contributed by atoms with E-state index in [-0.39, 0.29) is 0 Å². The number of nitrogens with two attached hydrogens (primary N) is 1. The van der Waals surface area contributed by atoms with Crippen molar-refractivity contribution >= 4 is 43.7 Å². The maximum absolute atomic E-state index is 5.52. The Morgan fingerprint density at radius 2 is 1.21 bits per heavy atom. The fourth-order valence-electron chi connectivity index (χ4n) is 3.58. The second kappa shape index (κ2) is 12.1. The molecular weight excluding hydrogens is 458 g/mol. The maximum atomic E-state index is 5.52. The van der Waals surface area contributed by atoms with Crippen molar-refractivity contribution in [2.75, 3.05) is 45.0 Å². The molecule has 2 aliphatic rings. The van der Waals surface area contributed by atoms with Crippen molar-refractivity contribution in [3.8, 4) is 0 Å². The molecular formula is C18H30BrN7S2. The van der Waals surface area contributed by atoms with Gasteiger partial charge in [-0.1, -0.05) is 35.5 Å². The molecule has 0 saturated carbocycles. The molecule has 7 nitrogen and oxygen atoms in total. The first-order chi connectivity index (χ1) is 13.7. The summed E-state index contributed by atoms with van der Waals surface area (Å²) in [7, 11) is 0. The summed E-state index contributed by atoms with van der Waals surface area (Å²) in [5.41, 5.74) is 5.52. The van der Waals surface area contributed by atoms with Gasteiger partial charge in [0.25, 0.3) is 0 Å². The van der Waals surface area contributed by atoms with E-state index in [2.05, 4.69) is 46.1 Å². The number of nitrogens with zero attached hydrogens (tertiary/aromatic N) is 6. The molecule has 2 fully saturated rings. The summed E-state index contributed by atoms with van der Waals surface area (Å²) in [6.45, 7) is 7.26. The van der Waals surface area contributed by atoms with Gasteiger partial charge in [0.05, 0.1) is 0 Å². The minimum Gasteiger partial charge on any atom is -0.374 e. The van der Waals surface area contributed by atoms with Gasteiger partial charge in [0.2, 0.25) is 5.13 Å². The quantitative estimate of drug-likeness (QED) is 0.667. The summed E-state index contributed by atoms with van der Waals surface area (Å²) in [5.74, 6) is 0. The van der Waals surface area contributed by atoms with Crippen molar-refractivity contribution in [2.24, 2.45) is 0 Å². The highest BCUT2D eigenvalue weighted by Crippen LogP contribution is 2.17. The van der Waals surface area contributed by atoms with Crippen LogP contribution in [-0.4, -0.2) is 69.5 Å². The highest BCUT2D eigenvalue weighted by molar-refractivity contribution is 9.11. The van der Waals surface area contributed by atoms with Gasteiger partial charge in [0.1, 0.15) is 10.0 Å². The Hall–Kier alpha value is -0.680.